The Bertz CT molecular complexity index is 276. The fraction of sp³-hybridized carbons (Fsp3) is 0.833. The van der Waals surface area contributed by atoms with Crippen molar-refractivity contribution in [2.24, 2.45) is 5.92 Å². The van der Waals surface area contributed by atoms with Gasteiger partial charge in [-0.3, -0.25) is 9.59 Å². The van der Waals surface area contributed by atoms with Crippen LogP contribution in [0.15, 0.2) is 0 Å². The average molecular weight is 243 g/mol. The van der Waals surface area contributed by atoms with Crippen LogP contribution < -0.4 is 0 Å². The van der Waals surface area contributed by atoms with Crippen LogP contribution in [0.25, 0.3) is 0 Å². The van der Waals surface area contributed by atoms with E-state index in [1.807, 2.05) is 4.90 Å². The Balaban J connectivity index is 2.38. The fourth-order valence-corrected chi connectivity index (χ4v) is 1.87. The van der Waals surface area contributed by atoms with E-state index in [1.165, 1.54) is 0 Å². The molecule has 0 aromatic carbocycles. The molecule has 1 saturated carbocycles. The Kier molecular flexibility index (Phi) is 5.41. The molecule has 0 bridgehead atoms. The van der Waals surface area contributed by atoms with E-state index in [-0.39, 0.29) is 18.2 Å². The van der Waals surface area contributed by atoms with Crippen LogP contribution in [0.4, 0.5) is 0 Å². The van der Waals surface area contributed by atoms with Crippen LogP contribution in [0.5, 0.6) is 0 Å². The van der Waals surface area contributed by atoms with Crippen LogP contribution >= 0.6 is 0 Å². The molecule has 1 unspecified atom stereocenters. The largest absolute Gasteiger partial charge is 0.481 e. The topological polar surface area (TPSA) is 66.8 Å². The van der Waals surface area contributed by atoms with Gasteiger partial charge in [0.2, 0.25) is 5.91 Å². The number of hydrogen-bond acceptors (Lipinski definition) is 3. The van der Waals surface area contributed by atoms with E-state index in [0.29, 0.717) is 25.6 Å². The van der Waals surface area contributed by atoms with Gasteiger partial charge < -0.3 is 14.7 Å². The third-order valence-corrected chi connectivity index (χ3v) is 2.89. The second-order valence-corrected chi connectivity index (χ2v) is 4.72. The molecule has 1 fully saturated rings. The van der Waals surface area contributed by atoms with Crippen LogP contribution in [-0.4, -0.2) is 48.2 Å². The molecule has 0 spiro atoms. The molecular formula is C12H21NO4. The van der Waals surface area contributed by atoms with E-state index in [1.54, 1.807) is 14.0 Å². The molecular weight excluding hydrogens is 222 g/mol. The van der Waals surface area contributed by atoms with Gasteiger partial charge in [-0.25, -0.2) is 0 Å². The first-order chi connectivity index (χ1) is 8.04. The Morgan fingerprint density at radius 3 is 2.53 bits per heavy atom. The summed E-state index contributed by atoms with van der Waals surface area (Å²) in [7, 11) is 1.61. The maximum absolute atomic E-state index is 12.0. The highest BCUT2D eigenvalue weighted by Crippen LogP contribution is 2.28. The summed E-state index contributed by atoms with van der Waals surface area (Å²) < 4.78 is 4.98. The molecule has 1 atom stereocenters. The average Bonchev–Trinajstić information content (AvgIpc) is 3.00. The highest BCUT2D eigenvalue weighted by Gasteiger charge is 2.32. The molecule has 0 saturated heterocycles. The number of carbonyl (C=O) groups excluding carboxylic acids is 1. The zero-order valence-corrected chi connectivity index (χ0v) is 10.5. The van der Waals surface area contributed by atoms with E-state index >= 15 is 0 Å². The van der Waals surface area contributed by atoms with E-state index < -0.39 is 5.97 Å². The maximum Gasteiger partial charge on any atom is 0.303 e. The second kappa shape index (κ2) is 6.59. The lowest BCUT2D eigenvalue weighted by atomic mass is 10.0. The van der Waals surface area contributed by atoms with Gasteiger partial charge in [-0.15, -0.1) is 0 Å². The monoisotopic (exact) mass is 243 g/mol. The van der Waals surface area contributed by atoms with Crippen LogP contribution in [0.3, 0.4) is 0 Å². The number of carboxylic acids is 1. The second-order valence-electron chi connectivity index (χ2n) is 4.72. The standard InChI is InChI=1S/C12H21NO4/c1-9(8-12(15)16)7-11(14)13(5-6-17-2)10-3-4-10/h9-10H,3-8H2,1-2H3,(H,15,16). The number of aliphatic carboxylic acids is 1. The van der Waals surface area contributed by atoms with Crippen molar-refractivity contribution in [1.29, 1.82) is 0 Å². The van der Waals surface area contributed by atoms with Gasteiger partial charge in [0.25, 0.3) is 0 Å². The number of carboxylic acid groups (broad SMARTS) is 1. The minimum Gasteiger partial charge on any atom is -0.481 e. The zero-order valence-electron chi connectivity index (χ0n) is 10.5. The van der Waals surface area contributed by atoms with Crippen molar-refractivity contribution in [3.05, 3.63) is 0 Å². The van der Waals surface area contributed by atoms with E-state index in [0.717, 1.165) is 12.8 Å². The maximum atomic E-state index is 12.0. The molecule has 1 aliphatic carbocycles. The summed E-state index contributed by atoms with van der Waals surface area (Å²) in [5.41, 5.74) is 0. The van der Waals surface area contributed by atoms with Gasteiger partial charge in [0.05, 0.1) is 6.61 Å². The predicted molar refractivity (Wildman–Crippen MR) is 62.6 cm³/mol. The minimum absolute atomic E-state index is 0.0501. The lowest BCUT2D eigenvalue weighted by Gasteiger charge is -2.23. The SMILES string of the molecule is COCCN(C(=O)CC(C)CC(=O)O)C1CC1. The molecule has 1 rings (SSSR count). The summed E-state index contributed by atoms with van der Waals surface area (Å²) in [4.78, 5) is 24.4. The predicted octanol–water partition coefficient (Wildman–Crippen LogP) is 1.12. The third kappa shape index (κ3) is 5.17. The number of ether oxygens (including phenoxy) is 1. The summed E-state index contributed by atoms with van der Waals surface area (Å²) >= 11 is 0. The molecule has 0 aromatic heterocycles. The van der Waals surface area contributed by atoms with Crippen molar-refractivity contribution in [3.63, 3.8) is 0 Å². The number of rotatable bonds is 8. The summed E-state index contributed by atoms with van der Waals surface area (Å²) in [5, 5.41) is 8.65. The van der Waals surface area contributed by atoms with E-state index in [9.17, 15) is 9.59 Å². The Morgan fingerprint density at radius 2 is 2.06 bits per heavy atom. The fourth-order valence-electron chi connectivity index (χ4n) is 1.87. The summed E-state index contributed by atoms with van der Waals surface area (Å²) in [6.45, 7) is 2.95. The minimum atomic E-state index is -0.847. The van der Waals surface area contributed by atoms with Gasteiger partial charge in [-0.2, -0.15) is 0 Å². The Morgan fingerprint density at radius 1 is 1.41 bits per heavy atom. The molecule has 1 aliphatic rings. The lowest BCUT2D eigenvalue weighted by molar-refractivity contribution is -0.138. The van der Waals surface area contributed by atoms with Crippen LogP contribution in [-0.2, 0) is 14.3 Å². The normalized spacial score (nSPS) is 16.6. The molecule has 0 heterocycles. The summed E-state index contributed by atoms with van der Waals surface area (Å²) in [6.07, 6.45) is 2.48. The van der Waals surface area contributed by atoms with Gasteiger partial charge in [0.15, 0.2) is 0 Å². The molecule has 98 valence electrons. The van der Waals surface area contributed by atoms with Gasteiger partial charge >= 0.3 is 5.97 Å². The highest BCUT2D eigenvalue weighted by molar-refractivity contribution is 5.78. The number of methoxy groups -OCH3 is 1. The lowest BCUT2D eigenvalue weighted by Crippen LogP contribution is -2.36. The van der Waals surface area contributed by atoms with Crippen molar-refractivity contribution in [3.8, 4) is 0 Å². The molecule has 0 radical (unpaired) electrons. The molecule has 1 N–H and O–H groups in total. The first kappa shape index (κ1) is 14.0. The smallest absolute Gasteiger partial charge is 0.303 e. The quantitative estimate of drug-likeness (QED) is 0.694. The first-order valence-electron chi connectivity index (χ1n) is 6.04. The third-order valence-electron chi connectivity index (χ3n) is 2.89. The van der Waals surface area contributed by atoms with Gasteiger partial charge in [0, 0.05) is 32.5 Å². The molecule has 5 heteroatoms. The van der Waals surface area contributed by atoms with Gasteiger partial charge in [-0.1, -0.05) is 6.92 Å². The Labute approximate surface area is 102 Å². The number of nitrogens with zero attached hydrogens (tertiary/aromatic N) is 1. The van der Waals surface area contributed by atoms with Gasteiger partial charge in [-0.05, 0) is 18.8 Å². The number of hydrogen-bond donors (Lipinski definition) is 1. The van der Waals surface area contributed by atoms with Crippen molar-refractivity contribution in [2.75, 3.05) is 20.3 Å². The van der Waals surface area contributed by atoms with E-state index in [2.05, 4.69) is 0 Å². The molecule has 0 aromatic rings. The summed E-state index contributed by atoms with van der Waals surface area (Å²) in [5.74, 6) is -0.901. The summed E-state index contributed by atoms with van der Waals surface area (Å²) in [6, 6.07) is 0.356. The molecule has 1 amide bonds. The van der Waals surface area contributed by atoms with Crippen LogP contribution in [0.2, 0.25) is 0 Å². The van der Waals surface area contributed by atoms with Crippen molar-refractivity contribution >= 4 is 11.9 Å². The number of carbonyl (C=O) groups is 2. The van der Waals surface area contributed by atoms with Crippen molar-refractivity contribution < 1.29 is 19.4 Å². The highest BCUT2D eigenvalue weighted by atomic mass is 16.5. The molecule has 0 aliphatic heterocycles. The van der Waals surface area contributed by atoms with E-state index in [4.69, 9.17) is 9.84 Å². The molecule has 17 heavy (non-hydrogen) atoms. The van der Waals surface area contributed by atoms with Crippen molar-refractivity contribution in [2.45, 2.75) is 38.6 Å². The molecule has 5 nitrogen and oxygen atoms in total. The van der Waals surface area contributed by atoms with Crippen molar-refractivity contribution in [1.82, 2.24) is 4.90 Å². The van der Waals surface area contributed by atoms with Crippen LogP contribution in [0, 0.1) is 5.92 Å². The van der Waals surface area contributed by atoms with Crippen LogP contribution in [0.1, 0.15) is 32.6 Å². The Hall–Kier alpha value is -1.10. The number of amides is 1. The van der Waals surface area contributed by atoms with Gasteiger partial charge in [0.1, 0.15) is 0 Å². The zero-order chi connectivity index (χ0) is 12.8. The first-order valence-corrected chi connectivity index (χ1v) is 6.04.